The van der Waals surface area contributed by atoms with Crippen molar-refractivity contribution >= 4 is 33.0 Å². The Morgan fingerprint density at radius 2 is 1.59 bits per heavy atom. The zero-order chi connectivity index (χ0) is 22.1. The molecule has 0 aliphatic carbocycles. The van der Waals surface area contributed by atoms with Crippen LogP contribution in [0.5, 0.6) is 0 Å². The summed E-state index contributed by atoms with van der Waals surface area (Å²) in [5.74, 6) is 0.178. The highest BCUT2D eigenvalue weighted by molar-refractivity contribution is 7.21. The normalized spacial score (nSPS) is 14.2. The summed E-state index contributed by atoms with van der Waals surface area (Å²) in [6.07, 6.45) is 0.786. The molecule has 1 amide bonds. The maximum atomic E-state index is 13.6. The molecule has 1 saturated heterocycles. The van der Waals surface area contributed by atoms with Gasteiger partial charge in [0.1, 0.15) is 0 Å². The number of carbonyl (C=O) groups is 1. The predicted molar refractivity (Wildman–Crippen MR) is 135 cm³/mol. The Hall–Kier alpha value is -3.11. The number of anilines is 1. The fourth-order valence-electron chi connectivity index (χ4n) is 4.49. The molecule has 0 radical (unpaired) electrons. The summed E-state index contributed by atoms with van der Waals surface area (Å²) in [7, 11) is 0. The number of hydrogen-bond acceptors (Lipinski definition) is 3. The average molecular weight is 441 g/mol. The smallest absolute Gasteiger partial charge is 0.264 e. The van der Waals surface area contributed by atoms with Gasteiger partial charge in [-0.25, -0.2) is 0 Å². The van der Waals surface area contributed by atoms with Gasteiger partial charge in [-0.1, -0.05) is 60.2 Å². The fourth-order valence-corrected chi connectivity index (χ4v) is 5.68. The number of thiophene rings is 1. The van der Waals surface area contributed by atoms with Crippen LogP contribution in [0.25, 0.3) is 10.1 Å². The molecular formula is C28H28N2OS. The quantitative estimate of drug-likeness (QED) is 0.384. The van der Waals surface area contributed by atoms with Crippen molar-refractivity contribution in [1.82, 2.24) is 4.90 Å². The summed E-state index contributed by atoms with van der Waals surface area (Å²) >= 11 is 1.64. The Balaban J connectivity index is 1.39. The van der Waals surface area contributed by atoms with E-state index in [2.05, 4.69) is 91.5 Å². The van der Waals surface area contributed by atoms with Crippen LogP contribution >= 0.6 is 11.3 Å². The Bertz CT molecular complexity index is 1250. The second-order valence-corrected chi connectivity index (χ2v) is 9.74. The number of nitrogens with zero attached hydrogens (tertiary/aromatic N) is 2. The van der Waals surface area contributed by atoms with Crippen LogP contribution < -0.4 is 4.90 Å². The molecule has 162 valence electrons. The van der Waals surface area contributed by atoms with Crippen LogP contribution in [0.1, 0.15) is 31.9 Å². The molecule has 1 aliphatic rings. The van der Waals surface area contributed by atoms with E-state index >= 15 is 0 Å². The third-order valence-corrected chi connectivity index (χ3v) is 7.53. The van der Waals surface area contributed by atoms with Gasteiger partial charge in [-0.2, -0.15) is 0 Å². The number of hydrogen-bond donors (Lipinski definition) is 0. The van der Waals surface area contributed by atoms with Gasteiger partial charge in [0.2, 0.25) is 0 Å². The molecule has 0 N–H and O–H groups in total. The van der Waals surface area contributed by atoms with Gasteiger partial charge < -0.3 is 9.80 Å². The van der Waals surface area contributed by atoms with Gasteiger partial charge in [0, 0.05) is 36.6 Å². The molecule has 3 aromatic carbocycles. The molecule has 0 spiro atoms. The molecular weight excluding hydrogens is 412 g/mol. The van der Waals surface area contributed by atoms with Crippen molar-refractivity contribution in [2.75, 3.05) is 31.1 Å². The van der Waals surface area contributed by atoms with E-state index in [1.807, 2.05) is 4.90 Å². The van der Waals surface area contributed by atoms with E-state index in [1.165, 1.54) is 38.0 Å². The van der Waals surface area contributed by atoms with E-state index in [1.54, 1.807) is 11.3 Å². The first-order valence-corrected chi connectivity index (χ1v) is 12.1. The van der Waals surface area contributed by atoms with Crippen molar-refractivity contribution in [1.29, 1.82) is 0 Å². The number of piperazine rings is 1. The molecule has 4 aromatic rings. The molecule has 4 heteroatoms. The Labute approximate surface area is 193 Å². The molecule has 2 heterocycles. The lowest BCUT2D eigenvalue weighted by Crippen LogP contribution is -2.48. The minimum Gasteiger partial charge on any atom is -0.368 e. The van der Waals surface area contributed by atoms with Gasteiger partial charge in [0.05, 0.1) is 4.88 Å². The van der Waals surface area contributed by atoms with E-state index in [-0.39, 0.29) is 5.91 Å². The molecule has 0 bridgehead atoms. The van der Waals surface area contributed by atoms with Gasteiger partial charge in [-0.15, -0.1) is 11.3 Å². The second-order valence-electron chi connectivity index (χ2n) is 8.69. The number of benzene rings is 3. The van der Waals surface area contributed by atoms with Gasteiger partial charge in [0.25, 0.3) is 5.91 Å². The topological polar surface area (TPSA) is 23.6 Å². The average Bonchev–Trinajstić information content (AvgIpc) is 3.18. The molecule has 1 fully saturated rings. The summed E-state index contributed by atoms with van der Waals surface area (Å²) < 4.78 is 1.19. The minimum absolute atomic E-state index is 0.178. The summed E-state index contributed by atoms with van der Waals surface area (Å²) in [5.41, 5.74) is 6.19. The third-order valence-electron chi connectivity index (χ3n) is 6.33. The first-order valence-electron chi connectivity index (χ1n) is 11.3. The maximum Gasteiger partial charge on any atom is 0.264 e. The van der Waals surface area contributed by atoms with Crippen LogP contribution in [0.4, 0.5) is 5.69 Å². The summed E-state index contributed by atoms with van der Waals surface area (Å²) in [6, 6.07) is 25.7. The lowest BCUT2D eigenvalue weighted by atomic mass is 10.0. The molecule has 5 rings (SSSR count). The zero-order valence-electron chi connectivity index (χ0n) is 18.7. The number of rotatable bonds is 4. The van der Waals surface area contributed by atoms with Gasteiger partial charge in [-0.3, -0.25) is 4.79 Å². The highest BCUT2D eigenvalue weighted by Crippen LogP contribution is 2.34. The van der Waals surface area contributed by atoms with E-state index in [4.69, 9.17) is 0 Å². The van der Waals surface area contributed by atoms with E-state index in [0.717, 1.165) is 37.5 Å². The SMILES string of the molecule is Cc1ccc(Cc2c(C(=O)N3CCN(c4cccc(C)c4)CC3)sc3ccccc23)cc1. The van der Waals surface area contributed by atoms with Gasteiger partial charge >= 0.3 is 0 Å². The molecule has 3 nitrogen and oxygen atoms in total. The summed E-state index contributed by atoms with van der Waals surface area (Å²) in [4.78, 5) is 19.0. The summed E-state index contributed by atoms with van der Waals surface area (Å²) in [5, 5.41) is 1.21. The van der Waals surface area contributed by atoms with Crippen LogP contribution in [0.15, 0.2) is 72.8 Å². The van der Waals surface area contributed by atoms with E-state index < -0.39 is 0 Å². The van der Waals surface area contributed by atoms with Gasteiger partial charge in [0.15, 0.2) is 0 Å². The Morgan fingerprint density at radius 3 is 2.34 bits per heavy atom. The zero-order valence-corrected chi connectivity index (χ0v) is 19.5. The van der Waals surface area contributed by atoms with Crippen LogP contribution in [0.2, 0.25) is 0 Å². The minimum atomic E-state index is 0.178. The van der Waals surface area contributed by atoms with E-state index in [9.17, 15) is 4.79 Å². The first-order chi connectivity index (χ1) is 15.6. The lowest BCUT2D eigenvalue weighted by Gasteiger charge is -2.36. The molecule has 0 unspecified atom stereocenters. The van der Waals surface area contributed by atoms with Crippen LogP contribution in [0, 0.1) is 13.8 Å². The van der Waals surface area contributed by atoms with Crippen LogP contribution in [-0.4, -0.2) is 37.0 Å². The fraction of sp³-hybridized carbons (Fsp3) is 0.250. The number of fused-ring (bicyclic) bond motifs is 1. The maximum absolute atomic E-state index is 13.6. The number of carbonyl (C=O) groups excluding carboxylic acids is 1. The number of amides is 1. The van der Waals surface area contributed by atoms with Crippen molar-refractivity contribution in [2.24, 2.45) is 0 Å². The first kappa shape index (κ1) is 20.8. The third kappa shape index (κ3) is 4.15. The highest BCUT2D eigenvalue weighted by Gasteiger charge is 2.26. The van der Waals surface area contributed by atoms with Crippen molar-refractivity contribution in [3.63, 3.8) is 0 Å². The molecule has 32 heavy (non-hydrogen) atoms. The Kier molecular flexibility index (Phi) is 5.71. The predicted octanol–water partition coefficient (Wildman–Crippen LogP) is 6.07. The lowest BCUT2D eigenvalue weighted by molar-refractivity contribution is 0.0751. The molecule has 1 aromatic heterocycles. The van der Waals surface area contributed by atoms with Crippen molar-refractivity contribution in [3.05, 3.63) is 99.9 Å². The summed E-state index contributed by atoms with van der Waals surface area (Å²) in [6.45, 7) is 7.48. The molecule has 0 saturated carbocycles. The second kappa shape index (κ2) is 8.79. The van der Waals surface area contributed by atoms with Crippen molar-refractivity contribution in [3.8, 4) is 0 Å². The Morgan fingerprint density at radius 1 is 0.844 bits per heavy atom. The largest absolute Gasteiger partial charge is 0.368 e. The van der Waals surface area contributed by atoms with Crippen molar-refractivity contribution in [2.45, 2.75) is 20.3 Å². The van der Waals surface area contributed by atoms with E-state index in [0.29, 0.717) is 0 Å². The molecule has 0 atom stereocenters. The molecule has 1 aliphatic heterocycles. The van der Waals surface area contributed by atoms with Crippen molar-refractivity contribution < 1.29 is 4.79 Å². The standard InChI is InChI=1S/C28H28N2OS/c1-20-10-12-22(13-11-20)19-25-24-8-3-4-9-26(24)32-27(25)28(31)30-16-14-29(15-17-30)23-7-5-6-21(2)18-23/h3-13,18H,14-17,19H2,1-2H3. The van der Waals surface area contributed by atoms with Crippen LogP contribution in [0.3, 0.4) is 0 Å². The number of aryl methyl sites for hydroxylation is 2. The monoisotopic (exact) mass is 440 g/mol. The van der Waals surface area contributed by atoms with Gasteiger partial charge in [-0.05, 0) is 60.5 Å². The van der Waals surface area contributed by atoms with Crippen LogP contribution in [-0.2, 0) is 6.42 Å². The highest BCUT2D eigenvalue weighted by atomic mass is 32.1.